The predicted octanol–water partition coefficient (Wildman–Crippen LogP) is 8.50. The first-order chi connectivity index (χ1) is 13.1. The van der Waals surface area contributed by atoms with Gasteiger partial charge in [-0.25, -0.2) is 4.98 Å². The molecule has 0 aliphatic heterocycles. The molecule has 0 saturated heterocycles. The number of hydrogen-bond acceptors (Lipinski definition) is 2. The summed E-state index contributed by atoms with van der Waals surface area (Å²) in [5, 5.41) is 0. The minimum Gasteiger partial charge on any atom is -0.440 e. The van der Waals surface area contributed by atoms with E-state index in [0.717, 1.165) is 23.4 Å². The molecule has 28 heavy (non-hydrogen) atoms. The number of benzene rings is 1. The van der Waals surface area contributed by atoms with Gasteiger partial charge in [0.1, 0.15) is 5.52 Å². The second kappa shape index (κ2) is 9.94. The van der Waals surface area contributed by atoms with Gasteiger partial charge >= 0.3 is 0 Å². The summed E-state index contributed by atoms with van der Waals surface area (Å²) >= 11 is 0. The number of aromatic nitrogens is 1. The maximum absolute atomic E-state index is 6.25. The summed E-state index contributed by atoms with van der Waals surface area (Å²) in [5.74, 6) is 0.912. The molecule has 2 nitrogen and oxygen atoms in total. The molecule has 1 aromatic carbocycles. The van der Waals surface area contributed by atoms with Gasteiger partial charge in [-0.2, -0.15) is 0 Å². The molecule has 1 aromatic heterocycles. The fourth-order valence-electron chi connectivity index (χ4n) is 3.76. The van der Waals surface area contributed by atoms with Crippen LogP contribution in [0.1, 0.15) is 123 Å². The van der Waals surface area contributed by atoms with Crippen LogP contribution in [-0.2, 0) is 17.3 Å². The molecule has 0 amide bonds. The maximum Gasteiger partial charge on any atom is 0.195 e. The average Bonchev–Trinajstić information content (AvgIpc) is 3.00. The van der Waals surface area contributed by atoms with Crippen LogP contribution in [0.15, 0.2) is 16.5 Å². The fraction of sp³-hybridized carbons (Fsp3) is 0.731. The second-order valence-corrected chi connectivity index (χ2v) is 10.6. The molecule has 2 heteroatoms. The van der Waals surface area contributed by atoms with E-state index >= 15 is 0 Å². The molecule has 0 bridgehead atoms. The number of unbranched alkanes of at least 4 members (excludes halogenated alkanes) is 8. The highest BCUT2D eigenvalue weighted by atomic mass is 16.3. The topological polar surface area (TPSA) is 26.0 Å². The van der Waals surface area contributed by atoms with E-state index in [-0.39, 0.29) is 10.8 Å². The number of fused-ring (bicyclic) bond motifs is 1. The molecule has 158 valence electrons. The molecule has 0 spiro atoms. The third-order valence-corrected chi connectivity index (χ3v) is 5.70. The monoisotopic (exact) mass is 385 g/mol. The van der Waals surface area contributed by atoms with Crippen molar-refractivity contribution in [3.63, 3.8) is 0 Å². The Kier molecular flexibility index (Phi) is 8.16. The van der Waals surface area contributed by atoms with Crippen molar-refractivity contribution in [2.45, 2.75) is 124 Å². The number of oxazole rings is 1. The van der Waals surface area contributed by atoms with E-state index in [1.54, 1.807) is 0 Å². The lowest BCUT2D eigenvalue weighted by Crippen LogP contribution is -2.16. The molecule has 1 heterocycles. The first kappa shape index (κ1) is 23.0. The molecule has 0 aliphatic rings. The van der Waals surface area contributed by atoms with Crippen molar-refractivity contribution in [1.29, 1.82) is 0 Å². The quantitative estimate of drug-likeness (QED) is 0.383. The third-order valence-electron chi connectivity index (χ3n) is 5.70. The summed E-state index contributed by atoms with van der Waals surface area (Å²) in [7, 11) is 0. The smallest absolute Gasteiger partial charge is 0.195 e. The van der Waals surface area contributed by atoms with Crippen LogP contribution in [0.5, 0.6) is 0 Å². The average molecular weight is 386 g/mol. The standard InChI is InChI=1S/C26H43NO/c1-8-9-10-11-12-13-14-15-16-17-23-27-22-19-20(25(2,3)4)18-21(24(22)28-23)26(5,6)7/h18-19H,8-17H2,1-7H3. The number of hydrogen-bond donors (Lipinski definition) is 0. The van der Waals surface area contributed by atoms with E-state index in [0.29, 0.717) is 0 Å². The highest BCUT2D eigenvalue weighted by Gasteiger charge is 2.25. The van der Waals surface area contributed by atoms with Gasteiger partial charge in [0.2, 0.25) is 0 Å². The number of aryl methyl sites for hydroxylation is 1. The van der Waals surface area contributed by atoms with Gasteiger partial charge in [-0.1, -0.05) is 106 Å². The molecule has 0 aliphatic carbocycles. The third kappa shape index (κ3) is 6.64. The van der Waals surface area contributed by atoms with Crippen LogP contribution in [-0.4, -0.2) is 4.98 Å². The molecule has 0 atom stereocenters. The summed E-state index contributed by atoms with van der Waals surface area (Å²) < 4.78 is 6.25. The Bertz CT molecular complexity index is 727. The first-order valence-corrected chi connectivity index (χ1v) is 11.6. The Balaban J connectivity index is 1.98. The van der Waals surface area contributed by atoms with E-state index in [2.05, 4.69) is 60.6 Å². The molecule has 0 fully saturated rings. The van der Waals surface area contributed by atoms with Gasteiger partial charge in [0.05, 0.1) is 0 Å². The predicted molar refractivity (Wildman–Crippen MR) is 122 cm³/mol. The number of rotatable bonds is 10. The van der Waals surface area contributed by atoms with Crippen LogP contribution in [0, 0.1) is 0 Å². The van der Waals surface area contributed by atoms with Crippen molar-refractivity contribution in [2.75, 3.05) is 0 Å². The molecule has 0 saturated carbocycles. The van der Waals surface area contributed by atoms with Crippen LogP contribution in [0.25, 0.3) is 11.1 Å². The highest BCUT2D eigenvalue weighted by Crippen LogP contribution is 2.35. The van der Waals surface area contributed by atoms with E-state index in [1.165, 1.54) is 68.9 Å². The van der Waals surface area contributed by atoms with Crippen LogP contribution in [0.2, 0.25) is 0 Å². The fourth-order valence-corrected chi connectivity index (χ4v) is 3.76. The molecule has 0 radical (unpaired) electrons. The maximum atomic E-state index is 6.25. The van der Waals surface area contributed by atoms with Gasteiger partial charge in [-0.3, -0.25) is 0 Å². The minimum absolute atomic E-state index is 0.0497. The summed E-state index contributed by atoms with van der Waals surface area (Å²) in [5.41, 5.74) is 4.81. The molecular formula is C26H43NO. The zero-order valence-electron chi connectivity index (χ0n) is 19.6. The van der Waals surface area contributed by atoms with Crippen molar-refractivity contribution in [1.82, 2.24) is 4.98 Å². The molecule has 0 unspecified atom stereocenters. The lowest BCUT2D eigenvalue weighted by molar-refractivity contribution is 0.491. The Labute approximate surface area is 173 Å². The molecule has 0 N–H and O–H groups in total. The van der Waals surface area contributed by atoms with Crippen molar-refractivity contribution in [2.24, 2.45) is 0 Å². The zero-order chi connectivity index (χ0) is 20.8. The zero-order valence-corrected chi connectivity index (χ0v) is 19.6. The van der Waals surface area contributed by atoms with Crippen molar-refractivity contribution >= 4 is 11.1 Å². The largest absolute Gasteiger partial charge is 0.440 e. The van der Waals surface area contributed by atoms with E-state index in [1.807, 2.05) is 0 Å². The Morgan fingerprint density at radius 1 is 0.750 bits per heavy atom. The Morgan fingerprint density at radius 2 is 1.32 bits per heavy atom. The van der Waals surface area contributed by atoms with E-state index < -0.39 is 0 Å². The van der Waals surface area contributed by atoms with Gasteiger partial charge in [-0.05, 0) is 28.9 Å². The summed E-state index contributed by atoms with van der Waals surface area (Å²) in [6.45, 7) is 15.9. The molecule has 2 rings (SSSR count). The number of nitrogens with zero attached hydrogens (tertiary/aromatic N) is 1. The van der Waals surface area contributed by atoms with Crippen molar-refractivity contribution in [3.05, 3.63) is 29.2 Å². The first-order valence-electron chi connectivity index (χ1n) is 11.6. The van der Waals surface area contributed by atoms with Crippen molar-refractivity contribution in [3.8, 4) is 0 Å². The van der Waals surface area contributed by atoms with E-state index in [9.17, 15) is 0 Å². The van der Waals surface area contributed by atoms with Crippen LogP contribution < -0.4 is 0 Å². The Hall–Kier alpha value is -1.31. The van der Waals surface area contributed by atoms with Crippen LogP contribution in [0.3, 0.4) is 0 Å². The summed E-state index contributed by atoms with van der Waals surface area (Å²) in [6.07, 6.45) is 13.1. The van der Waals surface area contributed by atoms with Gasteiger partial charge in [-0.15, -0.1) is 0 Å². The van der Waals surface area contributed by atoms with Gasteiger partial charge in [0.15, 0.2) is 11.5 Å². The van der Waals surface area contributed by atoms with Gasteiger partial charge < -0.3 is 4.42 Å². The molecule has 2 aromatic rings. The van der Waals surface area contributed by atoms with Crippen LogP contribution >= 0.6 is 0 Å². The molecular weight excluding hydrogens is 342 g/mol. The summed E-state index contributed by atoms with van der Waals surface area (Å²) in [4.78, 5) is 4.86. The second-order valence-electron chi connectivity index (χ2n) is 10.6. The Morgan fingerprint density at radius 3 is 1.86 bits per heavy atom. The van der Waals surface area contributed by atoms with Crippen molar-refractivity contribution < 1.29 is 4.42 Å². The normalized spacial score (nSPS) is 12.8. The highest BCUT2D eigenvalue weighted by molar-refractivity contribution is 5.79. The van der Waals surface area contributed by atoms with Crippen LogP contribution in [0.4, 0.5) is 0 Å². The lowest BCUT2D eigenvalue weighted by atomic mass is 9.80. The SMILES string of the molecule is CCCCCCCCCCCc1nc2cc(C(C)(C)C)cc(C(C)(C)C)c2o1. The van der Waals surface area contributed by atoms with Gasteiger partial charge in [0.25, 0.3) is 0 Å². The van der Waals surface area contributed by atoms with E-state index in [4.69, 9.17) is 9.40 Å². The van der Waals surface area contributed by atoms with Gasteiger partial charge in [0, 0.05) is 12.0 Å². The summed E-state index contributed by atoms with van der Waals surface area (Å²) in [6, 6.07) is 4.56. The minimum atomic E-state index is 0.0497. The lowest BCUT2D eigenvalue weighted by Gasteiger charge is -2.24.